The van der Waals surface area contributed by atoms with Crippen LogP contribution in [0.15, 0.2) is 36.4 Å². The minimum absolute atomic E-state index is 0.0588. The van der Waals surface area contributed by atoms with Crippen LogP contribution in [0.2, 0.25) is 0 Å². The Bertz CT molecular complexity index is 800. The summed E-state index contributed by atoms with van der Waals surface area (Å²) in [5.41, 5.74) is 8.53. The van der Waals surface area contributed by atoms with Gasteiger partial charge in [-0.05, 0) is 12.0 Å². The number of ketones is 1. The number of nitrogens with two attached hydrogens (primary N) is 1. The first-order valence-electron chi connectivity index (χ1n) is 8.18. The van der Waals surface area contributed by atoms with Gasteiger partial charge in [0.25, 0.3) is 0 Å². The smallest absolute Gasteiger partial charge is 0.231 e. The molecule has 2 aromatic rings. The fraction of sp³-hybridized carbons (Fsp3) is 0.263. The second-order valence-electron chi connectivity index (χ2n) is 5.81. The fourth-order valence-corrected chi connectivity index (χ4v) is 2.58. The van der Waals surface area contributed by atoms with E-state index in [1.165, 1.54) is 5.56 Å². The Balaban J connectivity index is 1.56. The number of hydrogen-bond acceptors (Lipinski definition) is 5. The molecule has 0 bridgehead atoms. The van der Waals surface area contributed by atoms with Crippen LogP contribution < -0.4 is 20.5 Å². The van der Waals surface area contributed by atoms with Crippen LogP contribution in [0.1, 0.15) is 35.7 Å². The molecule has 2 aromatic carbocycles. The lowest BCUT2D eigenvalue weighted by Crippen LogP contribution is -2.14. The Morgan fingerprint density at radius 3 is 2.44 bits per heavy atom. The Morgan fingerprint density at radius 1 is 1.08 bits per heavy atom. The minimum atomic E-state index is -0.274. The van der Waals surface area contributed by atoms with Gasteiger partial charge in [0, 0.05) is 30.5 Å². The van der Waals surface area contributed by atoms with Gasteiger partial charge in [0.05, 0.1) is 11.4 Å². The van der Waals surface area contributed by atoms with E-state index in [0.717, 1.165) is 6.42 Å². The van der Waals surface area contributed by atoms with E-state index in [1.807, 2.05) is 12.1 Å². The molecule has 1 aliphatic heterocycles. The fourth-order valence-electron chi connectivity index (χ4n) is 2.58. The molecule has 3 rings (SSSR count). The van der Waals surface area contributed by atoms with Crippen molar-refractivity contribution in [1.82, 2.24) is 0 Å². The summed E-state index contributed by atoms with van der Waals surface area (Å²) < 4.78 is 10.5. The number of Topliss-reactive ketones (excluding diaryl/α,β-unsaturated/α-hetero) is 1. The molecule has 3 N–H and O–H groups in total. The molecule has 0 atom stereocenters. The highest BCUT2D eigenvalue weighted by Crippen LogP contribution is 2.38. The minimum Gasteiger partial charge on any atom is -0.454 e. The summed E-state index contributed by atoms with van der Waals surface area (Å²) in [7, 11) is 0. The summed E-state index contributed by atoms with van der Waals surface area (Å²) >= 11 is 0. The maximum Gasteiger partial charge on any atom is 0.231 e. The van der Waals surface area contributed by atoms with E-state index in [0.29, 0.717) is 28.4 Å². The van der Waals surface area contributed by atoms with E-state index in [4.69, 9.17) is 15.2 Å². The second kappa shape index (κ2) is 7.25. The molecule has 0 saturated carbocycles. The zero-order valence-electron chi connectivity index (χ0n) is 14.0. The largest absolute Gasteiger partial charge is 0.454 e. The first kappa shape index (κ1) is 16.8. The molecule has 0 fully saturated rings. The summed E-state index contributed by atoms with van der Waals surface area (Å²) in [4.78, 5) is 24.3. The van der Waals surface area contributed by atoms with Gasteiger partial charge in [0.15, 0.2) is 17.3 Å². The Labute approximate surface area is 145 Å². The number of benzene rings is 2. The van der Waals surface area contributed by atoms with E-state index in [-0.39, 0.29) is 31.3 Å². The molecule has 0 radical (unpaired) electrons. The number of fused-ring (bicyclic) bond motifs is 1. The number of carbonyl (C=O) groups is 2. The van der Waals surface area contributed by atoms with Crippen LogP contribution in [0.3, 0.4) is 0 Å². The number of nitrogen functional groups attached to an aromatic ring is 1. The first-order valence-corrected chi connectivity index (χ1v) is 8.18. The highest BCUT2D eigenvalue weighted by atomic mass is 16.7. The lowest BCUT2D eigenvalue weighted by molar-refractivity contribution is -0.116. The van der Waals surface area contributed by atoms with Crippen LogP contribution >= 0.6 is 0 Å². The molecular weight excluding hydrogens is 320 g/mol. The van der Waals surface area contributed by atoms with E-state index < -0.39 is 0 Å². The number of nitrogens with one attached hydrogen (secondary N) is 1. The van der Waals surface area contributed by atoms with Gasteiger partial charge in [-0.25, -0.2) is 0 Å². The van der Waals surface area contributed by atoms with Crippen molar-refractivity contribution in [3.8, 4) is 11.5 Å². The normalized spacial score (nSPS) is 12.0. The SMILES string of the molecule is CCc1ccc(C(=O)CCC(=O)Nc2cc3c(cc2N)OCO3)cc1. The van der Waals surface area contributed by atoms with Crippen LogP contribution in [-0.2, 0) is 11.2 Å². The van der Waals surface area contributed by atoms with Crippen molar-refractivity contribution >= 4 is 23.1 Å². The predicted molar refractivity (Wildman–Crippen MR) is 95.0 cm³/mol. The van der Waals surface area contributed by atoms with Gasteiger partial charge in [0.2, 0.25) is 12.7 Å². The molecule has 0 spiro atoms. The van der Waals surface area contributed by atoms with E-state index >= 15 is 0 Å². The zero-order valence-corrected chi connectivity index (χ0v) is 14.0. The number of anilines is 2. The van der Waals surface area contributed by atoms with Gasteiger partial charge < -0.3 is 20.5 Å². The summed E-state index contributed by atoms with van der Waals surface area (Å²) in [6.07, 6.45) is 1.15. The summed E-state index contributed by atoms with van der Waals surface area (Å²) in [5, 5.41) is 2.71. The lowest BCUT2D eigenvalue weighted by atomic mass is 10.0. The molecule has 6 nitrogen and oxygen atoms in total. The highest BCUT2D eigenvalue weighted by molar-refractivity contribution is 6.01. The third-order valence-electron chi connectivity index (χ3n) is 4.08. The van der Waals surface area contributed by atoms with Crippen molar-refractivity contribution < 1.29 is 19.1 Å². The van der Waals surface area contributed by atoms with Gasteiger partial charge in [-0.2, -0.15) is 0 Å². The zero-order chi connectivity index (χ0) is 17.8. The number of ether oxygens (including phenoxy) is 2. The van der Waals surface area contributed by atoms with Crippen molar-refractivity contribution in [2.24, 2.45) is 0 Å². The van der Waals surface area contributed by atoms with E-state index in [1.54, 1.807) is 24.3 Å². The van der Waals surface area contributed by atoms with Crippen LogP contribution in [0.4, 0.5) is 11.4 Å². The topological polar surface area (TPSA) is 90.7 Å². The Hall–Kier alpha value is -3.02. The van der Waals surface area contributed by atoms with Crippen molar-refractivity contribution in [2.75, 3.05) is 17.8 Å². The number of rotatable bonds is 6. The lowest BCUT2D eigenvalue weighted by Gasteiger charge is -2.09. The maximum absolute atomic E-state index is 12.2. The van der Waals surface area contributed by atoms with Gasteiger partial charge in [0.1, 0.15) is 0 Å². The van der Waals surface area contributed by atoms with E-state index in [9.17, 15) is 9.59 Å². The number of carbonyl (C=O) groups excluding carboxylic acids is 2. The Morgan fingerprint density at radius 2 is 1.76 bits per heavy atom. The molecule has 130 valence electrons. The predicted octanol–water partition coefficient (Wildman–Crippen LogP) is 3.16. The van der Waals surface area contributed by atoms with Crippen molar-refractivity contribution in [3.05, 3.63) is 47.5 Å². The maximum atomic E-state index is 12.2. The van der Waals surface area contributed by atoms with Gasteiger partial charge in [-0.3, -0.25) is 9.59 Å². The van der Waals surface area contributed by atoms with Crippen molar-refractivity contribution in [3.63, 3.8) is 0 Å². The Kier molecular flexibility index (Phi) is 4.88. The molecule has 1 aliphatic rings. The number of amides is 1. The molecule has 0 aliphatic carbocycles. The molecular formula is C19H20N2O4. The summed E-state index contributed by atoms with van der Waals surface area (Å²) in [6.45, 7) is 2.19. The molecule has 1 amide bonds. The van der Waals surface area contributed by atoms with Crippen molar-refractivity contribution in [2.45, 2.75) is 26.2 Å². The molecule has 6 heteroatoms. The van der Waals surface area contributed by atoms with Gasteiger partial charge >= 0.3 is 0 Å². The van der Waals surface area contributed by atoms with Crippen molar-refractivity contribution in [1.29, 1.82) is 0 Å². The van der Waals surface area contributed by atoms with Gasteiger partial charge in [-0.1, -0.05) is 31.2 Å². The standard InChI is InChI=1S/C19H20N2O4/c1-2-12-3-5-13(6-4-12)16(22)7-8-19(23)21-15-10-18-17(9-14(15)20)24-11-25-18/h3-6,9-10H,2,7-8,11,20H2,1H3,(H,21,23). The van der Waals surface area contributed by atoms with Crippen LogP contribution in [0.5, 0.6) is 11.5 Å². The molecule has 25 heavy (non-hydrogen) atoms. The molecule has 0 saturated heterocycles. The third-order valence-corrected chi connectivity index (χ3v) is 4.08. The van der Waals surface area contributed by atoms with E-state index in [2.05, 4.69) is 12.2 Å². The average Bonchev–Trinajstić information content (AvgIpc) is 3.07. The molecule has 0 aromatic heterocycles. The highest BCUT2D eigenvalue weighted by Gasteiger charge is 2.17. The quantitative estimate of drug-likeness (QED) is 0.623. The summed E-state index contributed by atoms with van der Waals surface area (Å²) in [5.74, 6) is 0.762. The van der Waals surface area contributed by atoms with Crippen LogP contribution in [-0.4, -0.2) is 18.5 Å². The monoisotopic (exact) mass is 340 g/mol. The summed E-state index contributed by atoms with van der Waals surface area (Å²) in [6, 6.07) is 10.7. The van der Waals surface area contributed by atoms with Gasteiger partial charge in [-0.15, -0.1) is 0 Å². The van der Waals surface area contributed by atoms with Crippen LogP contribution in [0, 0.1) is 0 Å². The van der Waals surface area contributed by atoms with Crippen LogP contribution in [0.25, 0.3) is 0 Å². The first-order chi connectivity index (χ1) is 12.1. The number of hydrogen-bond donors (Lipinski definition) is 2. The average molecular weight is 340 g/mol. The molecule has 1 heterocycles. The molecule has 0 unspecified atom stereocenters. The number of aryl methyl sites for hydroxylation is 1. The third kappa shape index (κ3) is 3.91. The second-order valence-corrected chi connectivity index (χ2v) is 5.81.